The molecular weight excluding hydrogens is 375 g/mol. The van der Waals surface area contributed by atoms with Gasteiger partial charge in [0.25, 0.3) is 10.0 Å². The van der Waals surface area contributed by atoms with E-state index in [1.54, 1.807) is 13.0 Å². The van der Waals surface area contributed by atoms with Crippen LogP contribution >= 0.6 is 0 Å². The topological polar surface area (TPSA) is 95.9 Å². The van der Waals surface area contributed by atoms with E-state index in [9.17, 15) is 22.7 Å². The van der Waals surface area contributed by atoms with Gasteiger partial charge in [-0.25, -0.2) is 17.6 Å². The fourth-order valence-electron chi connectivity index (χ4n) is 2.92. The van der Waals surface area contributed by atoms with Gasteiger partial charge in [0, 0.05) is 18.8 Å². The van der Waals surface area contributed by atoms with Gasteiger partial charge < -0.3 is 14.7 Å². The Kier molecular flexibility index (Phi) is 5.33. The first-order chi connectivity index (χ1) is 12.8. The Morgan fingerprint density at radius 3 is 2.56 bits per heavy atom. The van der Waals surface area contributed by atoms with Gasteiger partial charge >= 0.3 is 5.97 Å². The number of aromatic carboxylic acids is 1. The number of ether oxygens (including phenoxy) is 1. The molecule has 1 heterocycles. The molecule has 0 aromatic heterocycles. The summed E-state index contributed by atoms with van der Waals surface area (Å²) < 4.78 is 46.2. The number of anilines is 2. The van der Waals surface area contributed by atoms with E-state index in [0.717, 1.165) is 6.07 Å². The summed E-state index contributed by atoms with van der Waals surface area (Å²) in [5.41, 5.74) is 0.948. The molecule has 2 N–H and O–H groups in total. The summed E-state index contributed by atoms with van der Waals surface area (Å²) in [6, 6.07) is 7.79. The monoisotopic (exact) mass is 394 g/mol. The number of nitrogens with one attached hydrogen (secondary N) is 1. The maximum atomic E-state index is 13.5. The third-order valence-corrected chi connectivity index (χ3v) is 5.79. The molecule has 2 aromatic carbocycles. The second kappa shape index (κ2) is 7.53. The molecule has 0 amide bonds. The molecule has 9 heteroatoms. The van der Waals surface area contributed by atoms with Crippen molar-refractivity contribution in [3.05, 3.63) is 53.3 Å². The third kappa shape index (κ3) is 4.20. The van der Waals surface area contributed by atoms with Gasteiger partial charge in [0.15, 0.2) is 0 Å². The standard InChI is InChI=1S/C18H19FN2O5S/c1-12-2-3-13(19)10-17(12)27(24,25)20-14-4-5-16(15(11-14)18(22)23)21-6-8-26-9-7-21/h2-5,10-11,20H,6-9H2,1H3,(H,22,23). The minimum Gasteiger partial charge on any atom is -0.478 e. The van der Waals surface area contributed by atoms with E-state index >= 15 is 0 Å². The van der Waals surface area contributed by atoms with Crippen molar-refractivity contribution in [1.29, 1.82) is 0 Å². The summed E-state index contributed by atoms with van der Waals surface area (Å²) in [5.74, 6) is -1.84. The van der Waals surface area contributed by atoms with Crippen LogP contribution in [0.25, 0.3) is 0 Å². The number of carboxylic acid groups (broad SMARTS) is 1. The minimum atomic E-state index is -4.06. The van der Waals surface area contributed by atoms with Gasteiger partial charge in [-0.2, -0.15) is 0 Å². The van der Waals surface area contributed by atoms with Crippen LogP contribution < -0.4 is 9.62 Å². The van der Waals surface area contributed by atoms with E-state index in [2.05, 4.69) is 4.72 Å². The molecule has 1 fully saturated rings. The molecule has 3 rings (SSSR count). The third-order valence-electron chi connectivity index (χ3n) is 4.27. The highest BCUT2D eigenvalue weighted by atomic mass is 32.2. The van der Waals surface area contributed by atoms with Crippen LogP contribution in [0.4, 0.5) is 15.8 Å². The van der Waals surface area contributed by atoms with Crippen molar-refractivity contribution in [2.75, 3.05) is 35.9 Å². The Labute approximate surface area is 156 Å². The fourth-order valence-corrected chi connectivity index (χ4v) is 4.23. The number of sulfonamides is 1. The van der Waals surface area contributed by atoms with E-state index in [0.29, 0.717) is 37.6 Å². The molecule has 1 saturated heterocycles. The van der Waals surface area contributed by atoms with Crippen LogP contribution in [0.2, 0.25) is 0 Å². The second-order valence-corrected chi connectivity index (χ2v) is 7.80. The molecule has 0 radical (unpaired) electrons. The van der Waals surface area contributed by atoms with Gasteiger partial charge in [0.1, 0.15) is 5.82 Å². The van der Waals surface area contributed by atoms with E-state index in [1.165, 1.54) is 24.3 Å². The van der Waals surface area contributed by atoms with Crippen molar-refractivity contribution in [2.24, 2.45) is 0 Å². The zero-order valence-corrected chi connectivity index (χ0v) is 15.4. The molecule has 0 saturated carbocycles. The van der Waals surface area contributed by atoms with Crippen molar-refractivity contribution in [2.45, 2.75) is 11.8 Å². The molecule has 0 unspecified atom stereocenters. The lowest BCUT2D eigenvalue weighted by molar-refractivity contribution is 0.0696. The van der Waals surface area contributed by atoms with Crippen LogP contribution in [0, 0.1) is 12.7 Å². The predicted octanol–water partition coefficient (Wildman–Crippen LogP) is 2.47. The molecule has 2 aromatic rings. The molecule has 144 valence electrons. The number of rotatable bonds is 5. The molecule has 0 bridgehead atoms. The summed E-state index contributed by atoms with van der Waals surface area (Å²) >= 11 is 0. The lowest BCUT2D eigenvalue weighted by atomic mass is 10.1. The molecule has 1 aliphatic rings. The summed E-state index contributed by atoms with van der Waals surface area (Å²) in [6.45, 7) is 3.64. The quantitative estimate of drug-likeness (QED) is 0.809. The van der Waals surface area contributed by atoms with E-state index in [1.807, 2.05) is 4.90 Å². The van der Waals surface area contributed by atoms with Gasteiger partial charge in [0.05, 0.1) is 29.4 Å². The highest BCUT2D eigenvalue weighted by Crippen LogP contribution is 2.27. The maximum absolute atomic E-state index is 13.5. The molecule has 0 spiro atoms. The zero-order chi connectivity index (χ0) is 19.6. The number of benzene rings is 2. The van der Waals surface area contributed by atoms with Gasteiger partial charge in [-0.05, 0) is 42.8 Å². The normalized spacial score (nSPS) is 14.8. The smallest absolute Gasteiger partial charge is 0.337 e. The average Bonchev–Trinajstić information content (AvgIpc) is 2.64. The fraction of sp³-hybridized carbons (Fsp3) is 0.278. The van der Waals surface area contributed by atoms with E-state index < -0.39 is 21.8 Å². The molecule has 0 aliphatic carbocycles. The summed E-state index contributed by atoms with van der Waals surface area (Å²) in [7, 11) is -4.06. The summed E-state index contributed by atoms with van der Waals surface area (Å²) in [4.78, 5) is 13.3. The largest absolute Gasteiger partial charge is 0.478 e. The first-order valence-corrected chi connectivity index (χ1v) is 9.75. The zero-order valence-electron chi connectivity index (χ0n) is 14.6. The number of hydrogen-bond acceptors (Lipinski definition) is 5. The number of carboxylic acids is 1. The Balaban J connectivity index is 1.94. The van der Waals surface area contributed by atoms with Crippen molar-refractivity contribution in [1.82, 2.24) is 0 Å². The number of carbonyl (C=O) groups is 1. The highest BCUT2D eigenvalue weighted by Gasteiger charge is 2.22. The first-order valence-electron chi connectivity index (χ1n) is 8.27. The second-order valence-electron chi connectivity index (χ2n) is 6.15. The molecule has 0 atom stereocenters. The molecule has 7 nitrogen and oxygen atoms in total. The lowest BCUT2D eigenvalue weighted by Crippen LogP contribution is -2.37. The Morgan fingerprint density at radius 2 is 1.89 bits per heavy atom. The van der Waals surface area contributed by atoms with Crippen LogP contribution in [-0.4, -0.2) is 45.8 Å². The van der Waals surface area contributed by atoms with Gasteiger partial charge in [-0.3, -0.25) is 4.72 Å². The van der Waals surface area contributed by atoms with E-state index in [4.69, 9.17) is 4.74 Å². The predicted molar refractivity (Wildman–Crippen MR) is 98.4 cm³/mol. The van der Waals surface area contributed by atoms with Crippen molar-refractivity contribution >= 4 is 27.4 Å². The Morgan fingerprint density at radius 1 is 1.19 bits per heavy atom. The van der Waals surface area contributed by atoms with E-state index in [-0.39, 0.29) is 16.1 Å². The molecular formula is C18H19FN2O5S. The Hall–Kier alpha value is -2.65. The molecule has 1 aliphatic heterocycles. The van der Waals surface area contributed by atoms with Gasteiger partial charge in [-0.15, -0.1) is 0 Å². The first kappa shape index (κ1) is 19.1. The maximum Gasteiger partial charge on any atom is 0.337 e. The van der Waals surface area contributed by atoms with Crippen molar-refractivity contribution < 1.29 is 27.4 Å². The number of morpholine rings is 1. The SMILES string of the molecule is Cc1ccc(F)cc1S(=O)(=O)Nc1ccc(N2CCOCC2)c(C(=O)O)c1. The van der Waals surface area contributed by atoms with Crippen molar-refractivity contribution in [3.63, 3.8) is 0 Å². The Bertz CT molecular complexity index is 972. The van der Waals surface area contributed by atoms with Crippen LogP contribution in [0.5, 0.6) is 0 Å². The molecule has 27 heavy (non-hydrogen) atoms. The number of aryl methyl sites for hydroxylation is 1. The summed E-state index contributed by atoms with van der Waals surface area (Å²) in [5, 5.41) is 9.53. The van der Waals surface area contributed by atoms with Gasteiger partial charge in [0.2, 0.25) is 0 Å². The average molecular weight is 394 g/mol. The van der Waals surface area contributed by atoms with Crippen molar-refractivity contribution in [3.8, 4) is 0 Å². The minimum absolute atomic E-state index is 0.0203. The van der Waals surface area contributed by atoms with Gasteiger partial charge in [-0.1, -0.05) is 6.07 Å². The van der Waals surface area contributed by atoms with Crippen LogP contribution in [0.15, 0.2) is 41.3 Å². The van der Waals surface area contributed by atoms with Crippen LogP contribution in [-0.2, 0) is 14.8 Å². The van der Waals surface area contributed by atoms with Crippen LogP contribution in [0.1, 0.15) is 15.9 Å². The number of hydrogen-bond donors (Lipinski definition) is 2. The lowest BCUT2D eigenvalue weighted by Gasteiger charge is -2.30. The van der Waals surface area contributed by atoms with Crippen LogP contribution in [0.3, 0.4) is 0 Å². The summed E-state index contributed by atoms with van der Waals surface area (Å²) in [6.07, 6.45) is 0. The number of halogens is 1. The highest BCUT2D eigenvalue weighted by molar-refractivity contribution is 7.92. The number of nitrogens with zero attached hydrogens (tertiary/aromatic N) is 1.